The predicted octanol–water partition coefficient (Wildman–Crippen LogP) is 6.71. The first-order valence-corrected chi connectivity index (χ1v) is 15.0. The average molecular weight is 505 g/mol. The zero-order valence-corrected chi connectivity index (χ0v) is 23.2. The Morgan fingerprint density at radius 3 is 2.03 bits per heavy atom. The van der Waals surface area contributed by atoms with Crippen molar-refractivity contribution in [2.24, 2.45) is 0 Å². The molecule has 0 bridgehead atoms. The summed E-state index contributed by atoms with van der Waals surface area (Å²) in [5.74, 6) is 0.405. The third-order valence-electron chi connectivity index (χ3n) is 6.81. The van der Waals surface area contributed by atoms with Crippen LogP contribution in [0.25, 0.3) is 0 Å². The largest absolute Gasteiger partial charge is 0.543 e. The van der Waals surface area contributed by atoms with Gasteiger partial charge in [0.1, 0.15) is 11.5 Å². The molecule has 7 heteroatoms. The quantitative estimate of drug-likeness (QED) is 0.202. The molecule has 0 aliphatic carbocycles. The zero-order chi connectivity index (χ0) is 26.7. The highest BCUT2D eigenvalue weighted by molar-refractivity contribution is 6.74. The van der Waals surface area contributed by atoms with E-state index < -0.39 is 8.32 Å². The number of hydrogen-bond acceptors (Lipinski definition) is 5. The summed E-state index contributed by atoms with van der Waals surface area (Å²) in [4.78, 5) is 27.1. The first kappa shape index (κ1) is 27.0. The fourth-order valence-electron chi connectivity index (χ4n) is 3.44. The van der Waals surface area contributed by atoms with Gasteiger partial charge >= 0.3 is 0 Å². The smallest absolute Gasteiger partial charge is 0.255 e. The van der Waals surface area contributed by atoms with E-state index in [9.17, 15) is 9.59 Å². The summed E-state index contributed by atoms with van der Waals surface area (Å²) in [5.41, 5.74) is 9.16. The second kappa shape index (κ2) is 10.6. The lowest BCUT2D eigenvalue weighted by Crippen LogP contribution is -2.44. The Morgan fingerprint density at radius 2 is 1.50 bits per heavy atom. The average Bonchev–Trinajstić information content (AvgIpc) is 2.85. The van der Waals surface area contributed by atoms with Crippen LogP contribution in [0.5, 0.6) is 11.5 Å². The van der Waals surface area contributed by atoms with Crippen molar-refractivity contribution >= 4 is 31.4 Å². The van der Waals surface area contributed by atoms with E-state index in [1.165, 1.54) is 0 Å². The molecule has 1 amide bonds. The van der Waals surface area contributed by atoms with Gasteiger partial charge in [-0.15, -0.1) is 0 Å². The molecule has 3 aromatic rings. The Bertz CT molecular complexity index is 1240. The molecule has 0 aliphatic rings. The van der Waals surface area contributed by atoms with Crippen molar-refractivity contribution in [3.05, 3.63) is 82.9 Å². The van der Waals surface area contributed by atoms with Gasteiger partial charge in [-0.2, -0.15) is 0 Å². The molecule has 0 aromatic heterocycles. The highest BCUT2D eigenvalue weighted by atomic mass is 28.4. The highest BCUT2D eigenvalue weighted by Crippen LogP contribution is 2.41. The molecule has 36 heavy (non-hydrogen) atoms. The lowest BCUT2D eigenvalue weighted by Gasteiger charge is -2.37. The topological polar surface area (TPSA) is 90.7 Å². The standard InChI is InChI=1S/C29H36N2O4Si/c1-8-19-9-11-21(12-10-19)28(33)31-26-23(30)17-18-24(35-36(6,7)29(2,3)4)25(26)27(32)20-13-15-22(34-5)16-14-20/h9-18H,8,30H2,1-7H3,(H,31,33). The van der Waals surface area contributed by atoms with Crippen LogP contribution in [0.3, 0.4) is 0 Å². The van der Waals surface area contributed by atoms with Crippen LogP contribution in [-0.4, -0.2) is 27.1 Å². The Hall–Kier alpha value is -3.58. The number of rotatable bonds is 8. The van der Waals surface area contributed by atoms with E-state index in [4.69, 9.17) is 14.9 Å². The molecule has 6 nitrogen and oxygen atoms in total. The van der Waals surface area contributed by atoms with Crippen LogP contribution in [0.4, 0.5) is 11.4 Å². The zero-order valence-electron chi connectivity index (χ0n) is 22.2. The fraction of sp³-hybridized carbons (Fsp3) is 0.310. The number of hydrogen-bond donors (Lipinski definition) is 2. The highest BCUT2D eigenvalue weighted by Gasteiger charge is 2.40. The molecule has 0 fully saturated rings. The van der Waals surface area contributed by atoms with Crippen molar-refractivity contribution in [2.75, 3.05) is 18.2 Å². The minimum atomic E-state index is -2.32. The maximum absolute atomic E-state index is 13.9. The molecule has 3 rings (SSSR count). The van der Waals surface area contributed by atoms with Crippen LogP contribution < -0.4 is 20.2 Å². The molecule has 0 saturated heterocycles. The van der Waals surface area contributed by atoms with Crippen molar-refractivity contribution < 1.29 is 18.8 Å². The van der Waals surface area contributed by atoms with Crippen LogP contribution in [0.2, 0.25) is 18.1 Å². The number of ketones is 1. The number of aryl methyl sites for hydroxylation is 1. The van der Waals surface area contributed by atoms with Crippen LogP contribution in [0.15, 0.2) is 60.7 Å². The van der Waals surface area contributed by atoms with Gasteiger partial charge in [0.25, 0.3) is 14.2 Å². The Balaban J connectivity index is 2.12. The first-order valence-electron chi connectivity index (χ1n) is 12.1. The second-order valence-corrected chi connectivity index (χ2v) is 15.1. The number of nitrogens with one attached hydrogen (secondary N) is 1. The molecule has 0 aliphatic heterocycles. The molecular weight excluding hydrogens is 468 g/mol. The number of methoxy groups -OCH3 is 1. The first-order chi connectivity index (χ1) is 16.9. The van der Waals surface area contributed by atoms with E-state index in [-0.39, 0.29) is 33.7 Å². The normalized spacial score (nSPS) is 11.6. The summed E-state index contributed by atoms with van der Waals surface area (Å²) in [6, 6.07) is 17.6. The molecule has 0 radical (unpaired) electrons. The van der Waals surface area contributed by atoms with Crippen LogP contribution in [-0.2, 0) is 6.42 Å². The van der Waals surface area contributed by atoms with Gasteiger partial charge < -0.3 is 20.2 Å². The third kappa shape index (κ3) is 5.79. The molecular formula is C29H36N2O4Si. The number of nitrogens with two attached hydrogens (primary N) is 1. The SMILES string of the molecule is CCc1ccc(C(=O)Nc2c(N)ccc(O[Si](C)(C)C(C)(C)C)c2C(=O)c2ccc(OC)cc2)cc1. The van der Waals surface area contributed by atoms with Gasteiger partial charge in [-0.3, -0.25) is 9.59 Å². The van der Waals surface area contributed by atoms with E-state index in [2.05, 4.69) is 46.1 Å². The minimum absolute atomic E-state index is 0.0980. The molecule has 0 spiro atoms. The van der Waals surface area contributed by atoms with Gasteiger partial charge in [0.15, 0.2) is 5.78 Å². The molecule has 0 unspecified atom stereocenters. The van der Waals surface area contributed by atoms with Gasteiger partial charge in [0, 0.05) is 11.1 Å². The van der Waals surface area contributed by atoms with Gasteiger partial charge in [-0.05, 0) is 78.6 Å². The number of anilines is 2. The molecule has 0 saturated carbocycles. The van der Waals surface area contributed by atoms with Crippen molar-refractivity contribution in [3.8, 4) is 11.5 Å². The van der Waals surface area contributed by atoms with E-state index in [0.717, 1.165) is 12.0 Å². The monoisotopic (exact) mass is 504 g/mol. The second-order valence-electron chi connectivity index (χ2n) is 10.3. The van der Waals surface area contributed by atoms with Crippen molar-refractivity contribution in [1.29, 1.82) is 0 Å². The Kier molecular flexibility index (Phi) is 7.94. The molecule has 0 heterocycles. The fourth-order valence-corrected chi connectivity index (χ4v) is 4.46. The summed E-state index contributed by atoms with van der Waals surface area (Å²) in [6.45, 7) is 12.7. The summed E-state index contributed by atoms with van der Waals surface area (Å²) < 4.78 is 11.8. The van der Waals surface area contributed by atoms with E-state index in [0.29, 0.717) is 22.6 Å². The number of amides is 1. The predicted molar refractivity (Wildman–Crippen MR) is 149 cm³/mol. The summed E-state index contributed by atoms with van der Waals surface area (Å²) in [6.07, 6.45) is 0.877. The molecule has 3 N–H and O–H groups in total. The van der Waals surface area contributed by atoms with Gasteiger partial charge in [-0.25, -0.2) is 0 Å². The van der Waals surface area contributed by atoms with Gasteiger partial charge in [0.2, 0.25) is 0 Å². The van der Waals surface area contributed by atoms with Crippen molar-refractivity contribution in [2.45, 2.75) is 52.2 Å². The number of ether oxygens (including phenoxy) is 1. The van der Waals surface area contributed by atoms with E-state index >= 15 is 0 Å². The summed E-state index contributed by atoms with van der Waals surface area (Å²) in [7, 11) is -0.749. The lowest BCUT2D eigenvalue weighted by atomic mass is 9.99. The van der Waals surface area contributed by atoms with Gasteiger partial charge in [-0.1, -0.05) is 39.8 Å². The number of nitrogen functional groups attached to an aromatic ring is 1. The Labute approximate surface area is 215 Å². The van der Waals surface area contributed by atoms with Crippen molar-refractivity contribution in [1.82, 2.24) is 0 Å². The maximum Gasteiger partial charge on any atom is 0.255 e. The van der Waals surface area contributed by atoms with Gasteiger partial charge in [0.05, 0.1) is 24.0 Å². The maximum atomic E-state index is 13.9. The minimum Gasteiger partial charge on any atom is -0.543 e. The molecule has 190 valence electrons. The third-order valence-corrected chi connectivity index (χ3v) is 11.2. The number of benzene rings is 3. The molecule has 0 atom stereocenters. The number of carbonyl (C=O) groups is 2. The van der Waals surface area contributed by atoms with E-state index in [1.54, 1.807) is 55.6 Å². The Morgan fingerprint density at radius 1 is 0.917 bits per heavy atom. The van der Waals surface area contributed by atoms with Crippen LogP contribution >= 0.6 is 0 Å². The summed E-state index contributed by atoms with van der Waals surface area (Å²) in [5, 5.41) is 2.80. The summed E-state index contributed by atoms with van der Waals surface area (Å²) >= 11 is 0. The number of carbonyl (C=O) groups excluding carboxylic acids is 2. The molecule has 3 aromatic carbocycles. The van der Waals surface area contributed by atoms with Crippen LogP contribution in [0.1, 0.15) is 59.5 Å². The van der Waals surface area contributed by atoms with E-state index in [1.807, 2.05) is 12.1 Å². The lowest BCUT2D eigenvalue weighted by molar-refractivity contribution is 0.102. The van der Waals surface area contributed by atoms with Crippen LogP contribution in [0, 0.1) is 0 Å². The van der Waals surface area contributed by atoms with Crippen molar-refractivity contribution in [3.63, 3.8) is 0 Å².